The molecule has 0 bridgehead atoms. The third-order valence-electron chi connectivity index (χ3n) is 10.4. The second kappa shape index (κ2) is 60.2. The van der Waals surface area contributed by atoms with Crippen LogP contribution in [0, 0.1) is 13.8 Å². The van der Waals surface area contributed by atoms with Crippen LogP contribution < -0.4 is 20.4 Å². The fourth-order valence-corrected chi connectivity index (χ4v) is 6.48. The van der Waals surface area contributed by atoms with Gasteiger partial charge in [-0.05, 0) is 49.0 Å². The first-order valence-corrected chi connectivity index (χ1v) is 24.8. The van der Waals surface area contributed by atoms with E-state index in [2.05, 4.69) is 41.5 Å². The third-order valence-corrected chi connectivity index (χ3v) is 10.4. The van der Waals surface area contributed by atoms with E-state index in [1.807, 2.05) is 0 Å². The van der Waals surface area contributed by atoms with Gasteiger partial charge in [0.05, 0.1) is 23.9 Å². The number of carbonyl (C=O) groups is 4. The van der Waals surface area contributed by atoms with E-state index in [0.29, 0.717) is 25.0 Å². The number of aliphatic carboxylic acids is 4. The van der Waals surface area contributed by atoms with Crippen molar-refractivity contribution in [2.75, 3.05) is 0 Å². The molecule has 0 N–H and O–H groups in total. The Balaban J connectivity index is -0.000000286. The average Bonchev–Trinajstić information content (AvgIpc) is 3.22. The van der Waals surface area contributed by atoms with E-state index in [0.717, 1.165) is 38.5 Å². The maximum atomic E-state index is 10.8. The van der Waals surface area contributed by atoms with Gasteiger partial charge >= 0.3 is 23.9 Å². The third kappa shape index (κ3) is 67.4. The summed E-state index contributed by atoms with van der Waals surface area (Å²) in [4.78, 5) is 42.3. The molecule has 61 heavy (non-hydrogen) atoms. The molecule has 2 radical (unpaired) electrons. The van der Waals surface area contributed by atoms with Crippen LogP contribution in [-0.2, 0) is 19.2 Å². The minimum Gasteiger partial charge on any atom is -0.545 e. The van der Waals surface area contributed by atoms with E-state index in [-0.39, 0.29) is 47.9 Å². The molecule has 0 unspecified atom stereocenters. The Morgan fingerprint density at radius 2 is 0.492 bits per heavy atom. The van der Waals surface area contributed by atoms with Gasteiger partial charge in [-0.25, -0.2) is 0 Å². The Kier molecular flexibility index (Phi) is 67.4. The number of rotatable bonds is 40. The van der Waals surface area contributed by atoms with Crippen LogP contribution in [0.5, 0.6) is 0 Å². The predicted molar refractivity (Wildman–Crippen MR) is 251 cm³/mol. The molecule has 0 aliphatic rings. The summed E-state index contributed by atoms with van der Waals surface area (Å²) in [6.45, 7) is 16.0. The van der Waals surface area contributed by atoms with E-state index < -0.39 is 23.9 Å². The number of hydrogen-bond donors (Lipinski definition) is 0. The molecule has 0 aliphatic carbocycles. The fraction of sp³-hybridized carbons (Fsp3) is 0.808. The van der Waals surface area contributed by atoms with Crippen LogP contribution >= 0.6 is 0 Å². The summed E-state index contributed by atoms with van der Waals surface area (Å²) in [6.07, 6.45) is 46.5. The van der Waals surface area contributed by atoms with Gasteiger partial charge < -0.3 is 39.6 Å². The maximum Gasteiger partial charge on any atom is 4.00 e. The van der Waals surface area contributed by atoms with Crippen molar-refractivity contribution < 1.29 is 39.6 Å². The van der Waals surface area contributed by atoms with Gasteiger partial charge in [0, 0.05) is 0 Å². The number of carboxylic acids is 4. The predicted octanol–water partition coefficient (Wildman–Crippen LogP) is 11.0. The molecule has 0 aromatic rings. The maximum absolute atomic E-state index is 10.8. The first kappa shape index (κ1) is 68.2. The molecule has 0 heterocycles. The molecule has 0 aromatic heterocycles. The molecular weight excluding hydrogens is 871 g/mol. The van der Waals surface area contributed by atoms with Gasteiger partial charge in [0.2, 0.25) is 0 Å². The van der Waals surface area contributed by atoms with Gasteiger partial charge in [0.15, 0.2) is 0 Å². The molecule has 9 heteroatoms. The van der Waals surface area contributed by atoms with E-state index in [9.17, 15) is 39.6 Å². The second-order valence-corrected chi connectivity index (χ2v) is 16.4. The smallest absolute Gasteiger partial charge is 0.545 e. The Morgan fingerprint density at radius 3 is 0.623 bits per heavy atom. The molecule has 0 aromatic carbocycles. The average molecular weight is 966 g/mol. The summed E-state index contributed by atoms with van der Waals surface area (Å²) in [5, 5.41) is 42.3. The Bertz CT molecular complexity index is 912. The molecule has 8 nitrogen and oxygen atoms in total. The van der Waals surface area contributed by atoms with Gasteiger partial charge in [0.25, 0.3) is 0 Å². The SMILES string of the molecule is CCCCCCCCCCCCCCCCCC/C(=C/C(=O)[O-])C(=O)[O-].CCCCCCCCCCCCCCCCCCC(=CC(=O)[O-])C(=O)[O-].[CH2]CCC.[CH2]CCC.[Sn+4]. The van der Waals surface area contributed by atoms with Gasteiger partial charge in [-0.3, -0.25) is 0 Å². The van der Waals surface area contributed by atoms with Crippen LogP contribution in [0.1, 0.15) is 272 Å². The Morgan fingerprint density at radius 1 is 0.328 bits per heavy atom. The van der Waals surface area contributed by atoms with Crippen LogP contribution in [0.25, 0.3) is 0 Å². The Labute approximate surface area is 394 Å². The minimum atomic E-state index is -1.47. The van der Waals surface area contributed by atoms with Crippen LogP contribution in [0.15, 0.2) is 23.3 Å². The normalized spacial score (nSPS) is 10.9. The van der Waals surface area contributed by atoms with Crippen molar-refractivity contribution in [1.82, 2.24) is 0 Å². The number of carboxylic acid groups (broad SMARTS) is 4. The minimum absolute atomic E-state index is 0. The summed E-state index contributed by atoms with van der Waals surface area (Å²) in [5.41, 5.74) is -0.342. The van der Waals surface area contributed by atoms with Crippen LogP contribution in [0.3, 0.4) is 0 Å². The molecule has 354 valence electrons. The number of hydrogen-bond acceptors (Lipinski definition) is 8. The van der Waals surface area contributed by atoms with Gasteiger partial charge in [-0.15, -0.1) is 0 Å². The fourth-order valence-electron chi connectivity index (χ4n) is 6.48. The van der Waals surface area contributed by atoms with Crippen molar-refractivity contribution in [1.29, 1.82) is 0 Å². The van der Waals surface area contributed by atoms with Crippen molar-refractivity contribution in [2.24, 2.45) is 0 Å². The van der Waals surface area contributed by atoms with Crippen molar-refractivity contribution in [3.63, 3.8) is 0 Å². The number of unbranched alkanes of at least 4 members (excludes halogenated alkanes) is 32. The van der Waals surface area contributed by atoms with Crippen LogP contribution in [0.4, 0.5) is 0 Å². The zero-order valence-corrected chi connectivity index (χ0v) is 43.1. The van der Waals surface area contributed by atoms with Gasteiger partial charge in [-0.1, -0.05) is 260 Å². The van der Waals surface area contributed by atoms with Crippen molar-refractivity contribution in [3.8, 4) is 0 Å². The molecule has 0 atom stereocenters. The molecular formula is C52H94O8Sn. The van der Waals surface area contributed by atoms with Crippen LogP contribution in [0.2, 0.25) is 0 Å². The first-order valence-electron chi connectivity index (χ1n) is 24.8. The zero-order valence-electron chi connectivity index (χ0n) is 40.2. The van der Waals surface area contributed by atoms with Gasteiger partial charge in [-0.2, -0.15) is 0 Å². The van der Waals surface area contributed by atoms with E-state index in [4.69, 9.17) is 0 Å². The molecule has 0 amide bonds. The van der Waals surface area contributed by atoms with E-state index >= 15 is 0 Å². The molecule has 0 fully saturated rings. The largest absolute Gasteiger partial charge is 4.00 e. The number of carbonyl (C=O) groups excluding carboxylic acids is 4. The Hall–Kier alpha value is -1.84. The standard InChI is InChI=1S/2C22H40O4.2C4H9.Sn/c2*1-2-3-4-5-6-7-8-9-10-11-12-13-14-15-16-17-18-20(22(25)26)19-21(23)24;2*1-3-4-2;/h2*19H,2-18H2,1H3,(H,23,24)(H,25,26);2*1,3-4H2,2H3;/q;;;;+4/p-4/b20-19-;;;;. The van der Waals surface area contributed by atoms with Crippen molar-refractivity contribution in [2.45, 2.75) is 272 Å². The molecule has 0 rings (SSSR count). The van der Waals surface area contributed by atoms with Crippen molar-refractivity contribution >= 4 is 47.8 Å². The van der Waals surface area contributed by atoms with Gasteiger partial charge in [0.1, 0.15) is 0 Å². The first-order chi connectivity index (χ1) is 29.0. The summed E-state index contributed by atoms with van der Waals surface area (Å²) in [6, 6.07) is 0. The quantitative estimate of drug-likeness (QED) is 0.0333. The molecule has 0 saturated carbocycles. The summed E-state index contributed by atoms with van der Waals surface area (Å²) in [7, 11) is 0. The zero-order chi connectivity index (χ0) is 45.7. The van der Waals surface area contributed by atoms with E-state index in [1.165, 1.54) is 180 Å². The van der Waals surface area contributed by atoms with Crippen LogP contribution in [-0.4, -0.2) is 47.8 Å². The van der Waals surface area contributed by atoms with Crippen molar-refractivity contribution in [3.05, 3.63) is 37.1 Å². The summed E-state index contributed by atoms with van der Waals surface area (Å²) in [5.74, 6) is -5.76. The molecule has 0 saturated heterocycles. The second-order valence-electron chi connectivity index (χ2n) is 16.4. The molecule has 0 spiro atoms. The topological polar surface area (TPSA) is 161 Å². The summed E-state index contributed by atoms with van der Waals surface area (Å²) >= 11 is 0. The molecule has 0 aliphatic heterocycles. The monoisotopic (exact) mass is 967 g/mol. The summed E-state index contributed by atoms with van der Waals surface area (Å²) < 4.78 is 0. The van der Waals surface area contributed by atoms with E-state index in [1.54, 1.807) is 0 Å².